The smallest absolute Gasteiger partial charge is 0.229 e. The number of nitrogens with zero attached hydrogens (tertiary/aromatic N) is 4. The maximum absolute atomic E-state index is 11.8. The van der Waals surface area contributed by atoms with E-state index in [0.717, 1.165) is 43.6 Å². The zero-order valence-corrected chi connectivity index (χ0v) is 20.0. The van der Waals surface area contributed by atoms with Crippen LogP contribution < -0.4 is 20.7 Å². The molecule has 0 atom stereocenters. The van der Waals surface area contributed by atoms with E-state index in [2.05, 4.69) is 37.0 Å². The van der Waals surface area contributed by atoms with E-state index >= 15 is 0 Å². The molecule has 1 fully saturated rings. The highest BCUT2D eigenvalue weighted by atomic mass is 32.2. The summed E-state index contributed by atoms with van der Waals surface area (Å²) in [5.74, 6) is 0.559. The van der Waals surface area contributed by atoms with Crippen LogP contribution in [-0.4, -0.2) is 53.5 Å². The van der Waals surface area contributed by atoms with Crippen LogP contribution in [-0.2, 0) is 10.0 Å². The van der Waals surface area contributed by atoms with E-state index in [1.54, 1.807) is 24.3 Å². The van der Waals surface area contributed by atoms with E-state index in [4.69, 9.17) is 5.73 Å². The molecule has 0 spiro atoms. The summed E-state index contributed by atoms with van der Waals surface area (Å²) in [7, 11) is -3.47. The van der Waals surface area contributed by atoms with Gasteiger partial charge in [0.25, 0.3) is 0 Å². The Bertz CT molecular complexity index is 1460. The minimum absolute atomic E-state index is 0.105. The third-order valence-corrected chi connectivity index (χ3v) is 6.57. The zero-order valence-electron chi connectivity index (χ0n) is 19.2. The molecule has 0 amide bonds. The quantitative estimate of drug-likeness (QED) is 0.321. The van der Waals surface area contributed by atoms with Gasteiger partial charge in [0.2, 0.25) is 16.0 Å². The first kappa shape index (κ1) is 22.9. The van der Waals surface area contributed by atoms with Gasteiger partial charge in [-0.15, -0.1) is 0 Å². The number of hydrogen-bond acceptors (Lipinski definition) is 8. The number of nitrogens with two attached hydrogens (primary N) is 1. The molecule has 1 aliphatic heterocycles. The van der Waals surface area contributed by atoms with Gasteiger partial charge in [0, 0.05) is 30.7 Å². The van der Waals surface area contributed by atoms with E-state index in [1.807, 2.05) is 29.0 Å². The Hall–Kier alpha value is -3.83. The fourth-order valence-corrected chi connectivity index (χ4v) is 4.90. The Morgan fingerprint density at radius 1 is 0.971 bits per heavy atom. The van der Waals surface area contributed by atoms with Crippen molar-refractivity contribution < 1.29 is 13.5 Å². The summed E-state index contributed by atoms with van der Waals surface area (Å²) < 4.78 is 28.1. The average molecular weight is 494 g/mol. The number of aliphatic hydroxyl groups is 1. The number of aliphatic hydroxyl groups excluding tert-OH is 1. The number of benzene rings is 2. The third-order valence-electron chi connectivity index (χ3n) is 5.98. The Kier molecular flexibility index (Phi) is 5.95. The van der Waals surface area contributed by atoms with Gasteiger partial charge in [-0.05, 0) is 55.3 Å². The molecule has 1 saturated heterocycles. The number of sulfonamides is 1. The molecular weight excluding hydrogens is 466 g/mol. The van der Waals surface area contributed by atoms with Gasteiger partial charge in [-0.25, -0.2) is 13.4 Å². The monoisotopic (exact) mass is 493 g/mol. The van der Waals surface area contributed by atoms with Gasteiger partial charge < -0.3 is 25.6 Å². The van der Waals surface area contributed by atoms with Gasteiger partial charge in [0.15, 0.2) is 5.82 Å². The van der Waals surface area contributed by atoms with Crippen LogP contribution in [0.4, 0.5) is 28.8 Å². The second-order valence-corrected chi connectivity index (χ2v) is 10.4. The van der Waals surface area contributed by atoms with E-state index in [0.29, 0.717) is 28.2 Å². The largest absolute Gasteiger partial charge is 0.393 e. The van der Waals surface area contributed by atoms with Crippen LogP contribution in [0, 0.1) is 0 Å². The van der Waals surface area contributed by atoms with Gasteiger partial charge in [-0.1, -0.05) is 12.1 Å². The highest BCUT2D eigenvalue weighted by molar-refractivity contribution is 7.92. The number of nitrogen functional groups attached to an aromatic ring is 1. The van der Waals surface area contributed by atoms with Crippen LogP contribution in [0.1, 0.15) is 12.8 Å². The number of anilines is 5. The zero-order chi connectivity index (χ0) is 24.6. The SMILES string of the molecule is CS(=O)(=O)Nc1ccccc1Nc1nc(N)nc2ccn(-c3ccc(N4CCC(O)CC4)cc3)c12. The summed E-state index contributed by atoms with van der Waals surface area (Å²) >= 11 is 0. The van der Waals surface area contributed by atoms with Crippen molar-refractivity contribution in [3.05, 3.63) is 60.8 Å². The molecule has 4 aromatic rings. The summed E-state index contributed by atoms with van der Waals surface area (Å²) in [6.45, 7) is 1.66. The van der Waals surface area contributed by atoms with Crippen molar-refractivity contribution in [3.63, 3.8) is 0 Å². The van der Waals surface area contributed by atoms with Gasteiger partial charge in [-0.2, -0.15) is 4.98 Å². The second kappa shape index (κ2) is 9.08. The lowest BCUT2D eigenvalue weighted by Gasteiger charge is -2.31. The first-order valence-corrected chi connectivity index (χ1v) is 13.2. The van der Waals surface area contributed by atoms with Crippen LogP contribution >= 0.6 is 0 Å². The Morgan fingerprint density at radius 3 is 2.31 bits per heavy atom. The van der Waals surface area contributed by atoms with E-state index < -0.39 is 10.0 Å². The molecule has 11 heteroatoms. The molecule has 0 radical (unpaired) electrons. The van der Waals surface area contributed by atoms with Gasteiger partial charge in [-0.3, -0.25) is 4.72 Å². The lowest BCUT2D eigenvalue weighted by Crippen LogP contribution is -2.35. The number of aromatic nitrogens is 3. The van der Waals surface area contributed by atoms with Gasteiger partial charge >= 0.3 is 0 Å². The molecule has 2 aromatic heterocycles. The van der Waals surface area contributed by atoms with Crippen molar-refractivity contribution >= 4 is 49.9 Å². The van der Waals surface area contributed by atoms with Crippen LogP contribution in [0.3, 0.4) is 0 Å². The van der Waals surface area contributed by atoms with E-state index in [-0.39, 0.29) is 12.1 Å². The minimum atomic E-state index is -3.47. The molecule has 35 heavy (non-hydrogen) atoms. The van der Waals surface area contributed by atoms with Crippen LogP contribution in [0.15, 0.2) is 60.8 Å². The number of hydrogen-bond donors (Lipinski definition) is 4. The Labute approximate surface area is 203 Å². The summed E-state index contributed by atoms with van der Waals surface area (Å²) in [5.41, 5.74) is 10.3. The molecule has 1 aliphatic rings. The minimum Gasteiger partial charge on any atom is -0.393 e. The molecule has 5 N–H and O–H groups in total. The second-order valence-electron chi connectivity index (χ2n) is 8.63. The normalized spacial score (nSPS) is 14.9. The molecule has 0 saturated carbocycles. The molecule has 10 nitrogen and oxygen atoms in total. The first-order chi connectivity index (χ1) is 16.8. The standard InChI is InChI=1S/C24H27N7O3S/c1-35(33,34)29-20-5-3-2-4-19(20)26-23-22-21(27-24(25)28-23)12-15-31(22)17-8-6-16(7-9-17)30-13-10-18(32)11-14-30/h2-9,12,15,18,29,32H,10-11,13-14H2,1H3,(H3,25,26,27,28). The van der Waals surface area contributed by atoms with Crippen LogP contribution in [0.2, 0.25) is 0 Å². The Balaban J connectivity index is 1.51. The average Bonchev–Trinajstić information content (AvgIpc) is 3.24. The molecular formula is C24H27N7O3S. The molecule has 182 valence electrons. The molecule has 0 aliphatic carbocycles. The highest BCUT2D eigenvalue weighted by Gasteiger charge is 2.18. The topological polar surface area (TPSA) is 138 Å². The van der Waals surface area contributed by atoms with E-state index in [1.165, 1.54) is 0 Å². The van der Waals surface area contributed by atoms with E-state index in [9.17, 15) is 13.5 Å². The van der Waals surface area contributed by atoms with Crippen LogP contribution in [0.25, 0.3) is 16.7 Å². The lowest BCUT2D eigenvalue weighted by atomic mass is 10.1. The number of rotatable bonds is 6. The van der Waals surface area contributed by atoms with Crippen molar-refractivity contribution in [2.24, 2.45) is 0 Å². The number of nitrogens with one attached hydrogen (secondary N) is 2. The highest BCUT2D eigenvalue weighted by Crippen LogP contribution is 2.32. The molecule has 0 unspecified atom stereocenters. The molecule has 0 bridgehead atoms. The maximum atomic E-state index is 11.8. The number of piperidine rings is 1. The first-order valence-electron chi connectivity index (χ1n) is 11.3. The molecule has 5 rings (SSSR count). The van der Waals surface area contributed by atoms with Gasteiger partial charge in [0.05, 0.1) is 29.3 Å². The predicted octanol–water partition coefficient (Wildman–Crippen LogP) is 3.08. The van der Waals surface area contributed by atoms with Crippen molar-refractivity contribution in [1.29, 1.82) is 0 Å². The van der Waals surface area contributed by atoms with Gasteiger partial charge in [0.1, 0.15) is 5.52 Å². The third kappa shape index (κ3) is 5.00. The summed E-state index contributed by atoms with van der Waals surface area (Å²) in [6.07, 6.45) is 4.33. The number of fused-ring (bicyclic) bond motifs is 1. The fraction of sp³-hybridized carbons (Fsp3) is 0.250. The van der Waals surface area contributed by atoms with Crippen molar-refractivity contribution in [3.8, 4) is 5.69 Å². The van der Waals surface area contributed by atoms with Crippen molar-refractivity contribution in [2.75, 3.05) is 40.0 Å². The number of para-hydroxylation sites is 2. The summed E-state index contributed by atoms with van der Waals surface area (Å²) in [6, 6.07) is 17.0. The summed E-state index contributed by atoms with van der Waals surface area (Å²) in [4.78, 5) is 11.1. The van der Waals surface area contributed by atoms with Crippen LogP contribution in [0.5, 0.6) is 0 Å². The maximum Gasteiger partial charge on any atom is 0.229 e. The van der Waals surface area contributed by atoms with Crippen molar-refractivity contribution in [2.45, 2.75) is 18.9 Å². The summed E-state index contributed by atoms with van der Waals surface area (Å²) in [5, 5.41) is 13.0. The fourth-order valence-electron chi connectivity index (χ4n) is 4.32. The lowest BCUT2D eigenvalue weighted by molar-refractivity contribution is 0.145. The molecule has 3 heterocycles. The predicted molar refractivity (Wildman–Crippen MR) is 139 cm³/mol. The van der Waals surface area contributed by atoms with Crippen molar-refractivity contribution in [1.82, 2.24) is 14.5 Å². The molecule has 2 aromatic carbocycles. The Morgan fingerprint density at radius 2 is 1.63 bits per heavy atom.